The Labute approximate surface area is 165 Å². The van der Waals surface area contributed by atoms with Crippen molar-refractivity contribution in [3.05, 3.63) is 59.2 Å². The number of amides is 2. The van der Waals surface area contributed by atoms with Gasteiger partial charge in [-0.2, -0.15) is 0 Å². The Balaban J connectivity index is 1.85. The third kappa shape index (κ3) is 3.67. The van der Waals surface area contributed by atoms with Crippen LogP contribution in [0.2, 0.25) is 0 Å². The van der Waals surface area contributed by atoms with Gasteiger partial charge in [0.1, 0.15) is 0 Å². The number of sulfonamides is 1. The lowest BCUT2D eigenvalue weighted by Gasteiger charge is -2.17. The van der Waals surface area contributed by atoms with E-state index >= 15 is 0 Å². The summed E-state index contributed by atoms with van der Waals surface area (Å²) >= 11 is 0. The Morgan fingerprint density at radius 1 is 1.14 bits per heavy atom. The zero-order valence-corrected chi connectivity index (χ0v) is 17.2. The van der Waals surface area contributed by atoms with E-state index in [-0.39, 0.29) is 23.3 Å². The van der Waals surface area contributed by atoms with Gasteiger partial charge in [-0.25, -0.2) is 12.7 Å². The summed E-state index contributed by atoms with van der Waals surface area (Å²) in [5.74, 6) is -1.24. The van der Waals surface area contributed by atoms with Gasteiger partial charge in [0.25, 0.3) is 5.91 Å². The second-order valence-electron chi connectivity index (χ2n) is 7.48. The number of nitrogens with zero attached hydrogens (tertiary/aromatic N) is 1. The van der Waals surface area contributed by atoms with Crippen molar-refractivity contribution in [3.63, 3.8) is 0 Å². The van der Waals surface area contributed by atoms with E-state index in [9.17, 15) is 18.0 Å². The van der Waals surface area contributed by atoms with E-state index in [1.165, 1.54) is 24.3 Å². The lowest BCUT2D eigenvalue weighted by molar-refractivity contribution is -0.119. The molecule has 7 heteroatoms. The molecule has 2 aromatic rings. The molecule has 3 rings (SSSR count). The van der Waals surface area contributed by atoms with Crippen LogP contribution in [0.3, 0.4) is 0 Å². The number of para-hydroxylation sites is 1. The molecule has 0 bridgehead atoms. The van der Waals surface area contributed by atoms with Crippen LogP contribution in [0.5, 0.6) is 0 Å². The molecule has 0 spiro atoms. The molecule has 6 nitrogen and oxygen atoms in total. The van der Waals surface area contributed by atoms with Crippen LogP contribution in [0.4, 0.5) is 11.4 Å². The van der Waals surface area contributed by atoms with Gasteiger partial charge < -0.3 is 5.32 Å². The van der Waals surface area contributed by atoms with Crippen LogP contribution in [-0.2, 0) is 14.8 Å². The van der Waals surface area contributed by atoms with Crippen molar-refractivity contribution in [1.29, 1.82) is 0 Å². The topological polar surface area (TPSA) is 83.6 Å². The molecule has 1 atom stereocenters. The first-order valence-electron chi connectivity index (χ1n) is 9.19. The second-order valence-corrected chi connectivity index (χ2v) is 9.34. The highest BCUT2D eigenvalue weighted by Crippen LogP contribution is 2.30. The maximum Gasteiger partial charge on any atom is 0.255 e. The SMILES string of the molecule is Cc1cccc(C(C)C)c1NC(=O)c1ccc(N2C(=O)[C@H](C)CS2(=O)=O)cc1. The molecule has 2 aromatic carbocycles. The number of hydrogen-bond acceptors (Lipinski definition) is 4. The number of carbonyl (C=O) groups excluding carboxylic acids is 2. The highest BCUT2D eigenvalue weighted by atomic mass is 32.2. The number of benzene rings is 2. The number of rotatable bonds is 4. The number of nitrogens with one attached hydrogen (secondary N) is 1. The monoisotopic (exact) mass is 400 g/mol. The first-order chi connectivity index (χ1) is 13.1. The summed E-state index contributed by atoms with van der Waals surface area (Å²) in [5.41, 5.74) is 3.45. The minimum absolute atomic E-state index is 0.195. The first kappa shape index (κ1) is 20.1. The quantitative estimate of drug-likeness (QED) is 0.848. The molecule has 0 aliphatic carbocycles. The summed E-state index contributed by atoms with van der Waals surface area (Å²) in [7, 11) is -3.66. The molecular formula is C21H24N2O4S. The van der Waals surface area contributed by atoms with Crippen molar-refractivity contribution >= 4 is 33.2 Å². The summed E-state index contributed by atoms with van der Waals surface area (Å²) in [6.45, 7) is 7.66. The number of carbonyl (C=O) groups is 2. The third-order valence-corrected chi connectivity index (χ3v) is 6.76. The molecule has 2 amide bonds. The predicted octanol–water partition coefficient (Wildman–Crippen LogP) is 3.68. The molecule has 148 valence electrons. The van der Waals surface area contributed by atoms with Crippen molar-refractivity contribution in [2.45, 2.75) is 33.6 Å². The molecule has 1 saturated heterocycles. The maximum absolute atomic E-state index is 12.7. The van der Waals surface area contributed by atoms with Gasteiger partial charge in [0.2, 0.25) is 15.9 Å². The number of hydrogen-bond donors (Lipinski definition) is 1. The molecule has 1 aliphatic heterocycles. The molecular weight excluding hydrogens is 376 g/mol. The van der Waals surface area contributed by atoms with E-state index < -0.39 is 21.8 Å². The Hall–Kier alpha value is -2.67. The Bertz CT molecular complexity index is 1030. The lowest BCUT2D eigenvalue weighted by Crippen LogP contribution is -2.30. The minimum atomic E-state index is -3.66. The van der Waals surface area contributed by atoms with Gasteiger partial charge in [0.15, 0.2) is 0 Å². The molecule has 0 saturated carbocycles. The third-order valence-electron chi connectivity index (χ3n) is 4.89. The van der Waals surface area contributed by atoms with Gasteiger partial charge in [-0.15, -0.1) is 0 Å². The summed E-state index contributed by atoms with van der Waals surface area (Å²) in [6, 6.07) is 11.9. The van der Waals surface area contributed by atoms with E-state index in [1.807, 2.05) is 25.1 Å². The molecule has 1 N–H and O–H groups in total. The summed E-state index contributed by atoms with van der Waals surface area (Å²) < 4.78 is 25.2. The largest absolute Gasteiger partial charge is 0.321 e. The fraction of sp³-hybridized carbons (Fsp3) is 0.333. The van der Waals surface area contributed by atoms with Crippen LogP contribution >= 0.6 is 0 Å². The molecule has 1 fully saturated rings. The summed E-state index contributed by atoms with van der Waals surface area (Å²) in [6.07, 6.45) is 0. The zero-order chi connectivity index (χ0) is 20.6. The van der Waals surface area contributed by atoms with Gasteiger partial charge in [0.05, 0.1) is 17.4 Å². The summed E-state index contributed by atoms with van der Waals surface area (Å²) in [5, 5.41) is 2.96. The zero-order valence-electron chi connectivity index (χ0n) is 16.4. The molecule has 0 unspecified atom stereocenters. The Kier molecular flexibility index (Phi) is 5.30. The van der Waals surface area contributed by atoms with Gasteiger partial charge in [-0.05, 0) is 48.2 Å². The van der Waals surface area contributed by atoms with E-state index in [4.69, 9.17) is 0 Å². The molecule has 1 heterocycles. The van der Waals surface area contributed by atoms with Gasteiger partial charge in [-0.3, -0.25) is 9.59 Å². The normalized spacial score (nSPS) is 18.5. The summed E-state index contributed by atoms with van der Waals surface area (Å²) in [4.78, 5) is 24.9. The average molecular weight is 401 g/mol. The Morgan fingerprint density at radius 2 is 1.79 bits per heavy atom. The van der Waals surface area contributed by atoms with Crippen LogP contribution in [0.15, 0.2) is 42.5 Å². The highest BCUT2D eigenvalue weighted by molar-refractivity contribution is 7.94. The fourth-order valence-electron chi connectivity index (χ4n) is 3.36. The van der Waals surface area contributed by atoms with E-state index in [0.717, 1.165) is 21.1 Å². The highest BCUT2D eigenvalue weighted by Gasteiger charge is 2.41. The smallest absolute Gasteiger partial charge is 0.255 e. The van der Waals surface area contributed by atoms with E-state index in [2.05, 4.69) is 19.2 Å². The van der Waals surface area contributed by atoms with Crippen LogP contribution in [0.25, 0.3) is 0 Å². The molecule has 28 heavy (non-hydrogen) atoms. The standard InChI is InChI=1S/C21H24N2O4S/c1-13(2)18-7-5-6-14(3)19(18)22-20(24)16-8-10-17(11-9-16)23-21(25)15(4)12-28(23,26)27/h5-11,13,15H,12H2,1-4H3,(H,22,24)/t15-/m1/s1. The van der Waals surface area contributed by atoms with E-state index in [1.54, 1.807) is 6.92 Å². The number of aryl methyl sites for hydroxylation is 1. The van der Waals surface area contributed by atoms with Crippen LogP contribution in [-0.4, -0.2) is 26.0 Å². The maximum atomic E-state index is 12.7. The lowest BCUT2D eigenvalue weighted by atomic mass is 9.98. The average Bonchev–Trinajstić information content (AvgIpc) is 2.83. The van der Waals surface area contributed by atoms with Gasteiger partial charge in [-0.1, -0.05) is 39.0 Å². The van der Waals surface area contributed by atoms with Crippen molar-refractivity contribution in [3.8, 4) is 0 Å². The minimum Gasteiger partial charge on any atom is -0.321 e. The van der Waals surface area contributed by atoms with Crippen LogP contribution in [0.1, 0.15) is 48.2 Å². The second kappa shape index (κ2) is 7.39. The van der Waals surface area contributed by atoms with Crippen molar-refractivity contribution in [2.24, 2.45) is 5.92 Å². The fourth-order valence-corrected chi connectivity index (χ4v) is 5.18. The predicted molar refractivity (Wildman–Crippen MR) is 110 cm³/mol. The van der Waals surface area contributed by atoms with Gasteiger partial charge in [0, 0.05) is 11.3 Å². The van der Waals surface area contributed by atoms with Crippen molar-refractivity contribution < 1.29 is 18.0 Å². The first-order valence-corrected chi connectivity index (χ1v) is 10.8. The molecule has 0 radical (unpaired) electrons. The van der Waals surface area contributed by atoms with Gasteiger partial charge >= 0.3 is 0 Å². The number of anilines is 2. The van der Waals surface area contributed by atoms with Crippen LogP contribution in [0, 0.1) is 12.8 Å². The van der Waals surface area contributed by atoms with Crippen molar-refractivity contribution in [2.75, 3.05) is 15.4 Å². The Morgan fingerprint density at radius 3 is 2.32 bits per heavy atom. The van der Waals surface area contributed by atoms with E-state index in [0.29, 0.717) is 5.56 Å². The molecule has 0 aromatic heterocycles. The molecule has 1 aliphatic rings. The van der Waals surface area contributed by atoms with Crippen LogP contribution < -0.4 is 9.62 Å². The van der Waals surface area contributed by atoms with Crippen molar-refractivity contribution in [1.82, 2.24) is 0 Å².